The molecular weight excluding hydrogens is 406 g/mol. The summed E-state index contributed by atoms with van der Waals surface area (Å²) in [5.74, 6) is -0.763. The van der Waals surface area contributed by atoms with Crippen LogP contribution in [0.15, 0.2) is 46.9 Å². The van der Waals surface area contributed by atoms with Crippen LogP contribution in [0, 0.1) is 0 Å². The fourth-order valence-electron chi connectivity index (χ4n) is 3.10. The average molecular weight is 425 g/mol. The van der Waals surface area contributed by atoms with Gasteiger partial charge in [0.2, 0.25) is 12.6 Å². The molecule has 1 amide bonds. The summed E-state index contributed by atoms with van der Waals surface area (Å²) >= 11 is 0. The number of nitrogens with one attached hydrogen (secondary N) is 1. The van der Waals surface area contributed by atoms with Gasteiger partial charge < -0.3 is 28.7 Å². The Kier molecular flexibility index (Phi) is 5.74. The molecule has 1 aliphatic heterocycles. The van der Waals surface area contributed by atoms with Gasteiger partial charge >= 0.3 is 11.9 Å². The van der Waals surface area contributed by atoms with Crippen LogP contribution in [0.25, 0.3) is 11.0 Å². The lowest BCUT2D eigenvalue weighted by molar-refractivity contribution is -0.143. The van der Waals surface area contributed by atoms with Gasteiger partial charge in [-0.2, -0.15) is 0 Å². The first-order chi connectivity index (χ1) is 15.1. The lowest BCUT2D eigenvalue weighted by Crippen LogP contribution is -2.30. The normalized spacial score (nSPS) is 11.9. The Morgan fingerprint density at radius 2 is 1.84 bits per heavy atom. The van der Waals surface area contributed by atoms with E-state index >= 15 is 0 Å². The van der Waals surface area contributed by atoms with Crippen molar-refractivity contribution in [2.75, 3.05) is 19.9 Å². The molecule has 0 spiro atoms. The molecule has 2 aromatic carbocycles. The first-order valence-corrected chi connectivity index (χ1v) is 9.57. The molecule has 0 unspecified atom stereocenters. The molecule has 160 valence electrons. The van der Waals surface area contributed by atoms with Crippen LogP contribution in [0.4, 0.5) is 0 Å². The Bertz CT molecular complexity index is 1150. The smallest absolute Gasteiger partial charge is 0.374 e. The van der Waals surface area contributed by atoms with Gasteiger partial charge in [-0.15, -0.1) is 0 Å². The van der Waals surface area contributed by atoms with Crippen LogP contribution < -0.4 is 14.8 Å². The summed E-state index contributed by atoms with van der Waals surface area (Å²) in [7, 11) is 0. The summed E-state index contributed by atoms with van der Waals surface area (Å²) in [6.07, 6.45) is 0. The third-order valence-electron chi connectivity index (χ3n) is 4.56. The van der Waals surface area contributed by atoms with Crippen LogP contribution >= 0.6 is 0 Å². The third kappa shape index (κ3) is 4.30. The number of esters is 2. The Morgan fingerprint density at radius 3 is 2.68 bits per heavy atom. The SMILES string of the molecule is CCOC(=O)c1oc2ccccc2c1COC(=O)CNC(=O)c1ccc2c(c1)OCO2. The summed E-state index contributed by atoms with van der Waals surface area (Å²) in [5, 5.41) is 3.13. The number of amides is 1. The van der Waals surface area contributed by atoms with Gasteiger partial charge in [0.25, 0.3) is 5.91 Å². The van der Waals surface area contributed by atoms with E-state index in [2.05, 4.69) is 5.32 Å². The molecule has 1 aromatic heterocycles. The molecule has 4 rings (SSSR count). The van der Waals surface area contributed by atoms with E-state index in [9.17, 15) is 14.4 Å². The highest BCUT2D eigenvalue weighted by Crippen LogP contribution is 2.32. The monoisotopic (exact) mass is 425 g/mol. The number of hydrogen-bond donors (Lipinski definition) is 1. The lowest BCUT2D eigenvalue weighted by Gasteiger charge is -2.08. The Labute approximate surface area is 176 Å². The van der Waals surface area contributed by atoms with Gasteiger partial charge in [0.05, 0.1) is 12.2 Å². The minimum atomic E-state index is -0.672. The first kappa shape index (κ1) is 20.3. The average Bonchev–Trinajstić information content (AvgIpc) is 3.40. The molecular formula is C22H19NO8. The molecule has 0 saturated carbocycles. The lowest BCUT2D eigenvalue weighted by atomic mass is 10.1. The van der Waals surface area contributed by atoms with Gasteiger partial charge in [-0.3, -0.25) is 9.59 Å². The molecule has 0 radical (unpaired) electrons. The highest BCUT2D eigenvalue weighted by molar-refractivity contribution is 5.97. The number of hydrogen-bond acceptors (Lipinski definition) is 8. The van der Waals surface area contributed by atoms with Crippen molar-refractivity contribution in [2.24, 2.45) is 0 Å². The van der Waals surface area contributed by atoms with Crippen molar-refractivity contribution in [3.05, 3.63) is 59.4 Å². The Morgan fingerprint density at radius 1 is 1.03 bits per heavy atom. The standard InChI is InChI=1S/C22H19NO8/c1-2-27-22(26)20-15(14-5-3-4-6-16(14)31-20)11-28-19(24)10-23-21(25)13-7-8-17-18(9-13)30-12-29-17/h3-9H,2,10-12H2,1H3,(H,23,25). The summed E-state index contributed by atoms with van der Waals surface area (Å²) in [5.41, 5.74) is 1.21. The molecule has 1 N–H and O–H groups in total. The molecule has 9 heteroatoms. The molecule has 0 fully saturated rings. The maximum absolute atomic E-state index is 12.3. The second-order valence-corrected chi connectivity index (χ2v) is 6.54. The van der Waals surface area contributed by atoms with Crippen molar-refractivity contribution in [3.8, 4) is 11.5 Å². The molecule has 9 nitrogen and oxygen atoms in total. The predicted molar refractivity (Wildman–Crippen MR) is 107 cm³/mol. The minimum Gasteiger partial charge on any atom is -0.460 e. The molecule has 0 saturated heterocycles. The topological polar surface area (TPSA) is 113 Å². The van der Waals surface area contributed by atoms with E-state index in [-0.39, 0.29) is 32.3 Å². The van der Waals surface area contributed by atoms with E-state index < -0.39 is 17.8 Å². The summed E-state index contributed by atoms with van der Waals surface area (Å²) in [6, 6.07) is 11.7. The van der Waals surface area contributed by atoms with Gasteiger partial charge in [-0.05, 0) is 31.2 Å². The first-order valence-electron chi connectivity index (χ1n) is 9.57. The fraction of sp³-hybridized carbons (Fsp3) is 0.227. The molecule has 0 bridgehead atoms. The van der Waals surface area contributed by atoms with Crippen molar-refractivity contribution in [2.45, 2.75) is 13.5 Å². The van der Waals surface area contributed by atoms with Gasteiger partial charge in [0.1, 0.15) is 18.7 Å². The zero-order valence-corrected chi connectivity index (χ0v) is 16.6. The summed E-state index contributed by atoms with van der Waals surface area (Å²) in [4.78, 5) is 36.7. The van der Waals surface area contributed by atoms with Crippen molar-refractivity contribution in [3.63, 3.8) is 0 Å². The summed E-state index contributed by atoms with van der Waals surface area (Å²) in [6.45, 7) is 1.41. The number of ether oxygens (including phenoxy) is 4. The van der Waals surface area contributed by atoms with E-state index in [1.54, 1.807) is 43.3 Å². The summed E-state index contributed by atoms with van der Waals surface area (Å²) < 4.78 is 26.3. The molecule has 31 heavy (non-hydrogen) atoms. The van der Waals surface area contributed by atoms with Crippen LogP contribution in [0.3, 0.4) is 0 Å². The van der Waals surface area contributed by atoms with Crippen molar-refractivity contribution < 1.29 is 37.7 Å². The largest absolute Gasteiger partial charge is 0.460 e. The van der Waals surface area contributed by atoms with E-state index in [0.29, 0.717) is 33.6 Å². The van der Waals surface area contributed by atoms with Crippen molar-refractivity contribution >= 4 is 28.8 Å². The Balaban J connectivity index is 1.38. The molecule has 3 aromatic rings. The quantitative estimate of drug-likeness (QED) is 0.575. The maximum atomic E-state index is 12.3. The molecule has 0 atom stereocenters. The molecule has 0 aliphatic carbocycles. The highest BCUT2D eigenvalue weighted by atomic mass is 16.7. The predicted octanol–water partition coefficient (Wildman–Crippen LogP) is 2.81. The van der Waals surface area contributed by atoms with Crippen molar-refractivity contribution in [1.82, 2.24) is 5.32 Å². The van der Waals surface area contributed by atoms with Crippen LogP contribution in [0.1, 0.15) is 33.4 Å². The third-order valence-corrected chi connectivity index (χ3v) is 4.56. The molecule has 2 heterocycles. The maximum Gasteiger partial charge on any atom is 0.374 e. The number of furan rings is 1. The van der Waals surface area contributed by atoms with Crippen LogP contribution in [-0.4, -0.2) is 37.8 Å². The number of rotatable bonds is 7. The van der Waals surface area contributed by atoms with E-state index in [1.807, 2.05) is 0 Å². The highest BCUT2D eigenvalue weighted by Gasteiger charge is 2.23. The van der Waals surface area contributed by atoms with Crippen LogP contribution in [-0.2, 0) is 20.9 Å². The van der Waals surface area contributed by atoms with Gasteiger partial charge in [-0.25, -0.2) is 4.79 Å². The number of carbonyl (C=O) groups excluding carboxylic acids is 3. The van der Waals surface area contributed by atoms with Gasteiger partial charge in [0.15, 0.2) is 11.5 Å². The minimum absolute atomic E-state index is 0.0137. The fourth-order valence-corrected chi connectivity index (χ4v) is 3.10. The van der Waals surface area contributed by atoms with Gasteiger partial charge in [0, 0.05) is 10.9 Å². The zero-order valence-electron chi connectivity index (χ0n) is 16.6. The second kappa shape index (κ2) is 8.78. The second-order valence-electron chi connectivity index (χ2n) is 6.54. The van der Waals surface area contributed by atoms with Crippen LogP contribution in [0.5, 0.6) is 11.5 Å². The van der Waals surface area contributed by atoms with E-state index in [4.69, 9.17) is 23.4 Å². The number of benzene rings is 2. The number of para-hydroxylation sites is 1. The molecule has 1 aliphatic rings. The Hall–Kier alpha value is -4.01. The van der Waals surface area contributed by atoms with Crippen LogP contribution in [0.2, 0.25) is 0 Å². The number of fused-ring (bicyclic) bond motifs is 2. The number of carbonyl (C=O) groups is 3. The van der Waals surface area contributed by atoms with E-state index in [0.717, 1.165) is 0 Å². The van der Waals surface area contributed by atoms with Gasteiger partial charge in [-0.1, -0.05) is 18.2 Å². The van der Waals surface area contributed by atoms with Crippen molar-refractivity contribution in [1.29, 1.82) is 0 Å². The van der Waals surface area contributed by atoms with E-state index in [1.165, 1.54) is 6.07 Å². The zero-order chi connectivity index (χ0) is 21.8.